The minimum absolute atomic E-state index is 0.402. The van der Waals surface area contributed by atoms with Crippen molar-refractivity contribution in [2.24, 2.45) is 0 Å². The predicted molar refractivity (Wildman–Crippen MR) is 70.4 cm³/mol. The van der Waals surface area contributed by atoms with Gasteiger partial charge >= 0.3 is 0 Å². The van der Waals surface area contributed by atoms with Crippen molar-refractivity contribution in [2.45, 2.75) is 18.1 Å². The van der Waals surface area contributed by atoms with Crippen LogP contribution in [0.2, 0.25) is 0 Å². The van der Waals surface area contributed by atoms with E-state index in [1.54, 1.807) is 11.6 Å². The second-order valence-corrected chi connectivity index (χ2v) is 7.32. The first-order chi connectivity index (χ1) is 8.58. The molecule has 1 aliphatic heterocycles. The molecule has 18 heavy (non-hydrogen) atoms. The first kappa shape index (κ1) is 13.4. The summed E-state index contributed by atoms with van der Waals surface area (Å²) in [7, 11) is -3.36. The van der Waals surface area contributed by atoms with Crippen molar-refractivity contribution in [1.82, 2.24) is 10.3 Å². The van der Waals surface area contributed by atoms with E-state index in [0.29, 0.717) is 31.1 Å². The van der Waals surface area contributed by atoms with Gasteiger partial charge in [0.2, 0.25) is 5.91 Å². The van der Waals surface area contributed by atoms with Crippen molar-refractivity contribution in [1.29, 1.82) is 0 Å². The number of sulfone groups is 1. The molecule has 0 aromatic carbocycles. The number of piperidine rings is 1. The zero-order valence-electron chi connectivity index (χ0n) is 9.76. The van der Waals surface area contributed by atoms with Crippen LogP contribution in [0.15, 0.2) is 11.6 Å². The average Bonchev–Trinajstić information content (AvgIpc) is 2.82. The lowest BCUT2D eigenvalue weighted by molar-refractivity contribution is -0.113. The minimum Gasteiger partial charge on any atom is -0.317 e. The highest BCUT2D eigenvalue weighted by atomic mass is 32.2. The molecule has 8 heteroatoms. The third-order valence-electron chi connectivity index (χ3n) is 2.80. The summed E-state index contributed by atoms with van der Waals surface area (Å²) in [4.78, 5) is 15.5. The second kappa shape index (κ2) is 5.77. The summed E-state index contributed by atoms with van der Waals surface area (Å²) in [6.45, 7) is 1.38. The van der Waals surface area contributed by atoms with Gasteiger partial charge in [-0.05, 0) is 25.9 Å². The average molecular weight is 289 g/mol. The standard InChI is InChI=1S/C10H15N3O3S2/c14-9(13-10-12-5-6-17-10)7-18(15,16)8-1-3-11-4-2-8/h5-6,8,11H,1-4,7H2,(H,12,13,14). The molecule has 0 aliphatic carbocycles. The zero-order chi connectivity index (χ0) is 13.0. The van der Waals surface area contributed by atoms with Crippen LogP contribution in [0.1, 0.15) is 12.8 Å². The monoisotopic (exact) mass is 289 g/mol. The Balaban J connectivity index is 1.93. The largest absolute Gasteiger partial charge is 0.317 e. The number of nitrogens with one attached hydrogen (secondary N) is 2. The van der Waals surface area contributed by atoms with Gasteiger partial charge in [-0.3, -0.25) is 4.79 Å². The number of rotatable bonds is 4. The number of carbonyl (C=O) groups excluding carboxylic acids is 1. The molecule has 1 amide bonds. The highest BCUT2D eigenvalue weighted by Gasteiger charge is 2.29. The van der Waals surface area contributed by atoms with Gasteiger partial charge in [-0.25, -0.2) is 13.4 Å². The fourth-order valence-electron chi connectivity index (χ4n) is 1.90. The SMILES string of the molecule is O=C(CS(=O)(=O)C1CCNCC1)Nc1nccs1. The fraction of sp³-hybridized carbons (Fsp3) is 0.600. The molecule has 6 nitrogen and oxygen atoms in total. The lowest BCUT2D eigenvalue weighted by Crippen LogP contribution is -2.39. The number of anilines is 1. The van der Waals surface area contributed by atoms with Crippen molar-refractivity contribution >= 4 is 32.2 Å². The summed E-state index contributed by atoms with van der Waals surface area (Å²) < 4.78 is 24.0. The van der Waals surface area contributed by atoms with Gasteiger partial charge in [0.1, 0.15) is 5.75 Å². The van der Waals surface area contributed by atoms with Crippen LogP contribution in [0, 0.1) is 0 Å². The number of nitrogens with zero attached hydrogens (tertiary/aromatic N) is 1. The first-order valence-electron chi connectivity index (χ1n) is 5.69. The molecule has 1 saturated heterocycles. The van der Waals surface area contributed by atoms with E-state index in [1.807, 2.05) is 0 Å². The lowest BCUT2D eigenvalue weighted by atomic mass is 10.2. The van der Waals surface area contributed by atoms with Crippen LogP contribution in [0.5, 0.6) is 0 Å². The van der Waals surface area contributed by atoms with Crippen LogP contribution in [0.3, 0.4) is 0 Å². The molecular weight excluding hydrogens is 274 g/mol. The zero-order valence-corrected chi connectivity index (χ0v) is 11.4. The maximum absolute atomic E-state index is 12.0. The van der Waals surface area contributed by atoms with Crippen LogP contribution in [0.4, 0.5) is 5.13 Å². The summed E-state index contributed by atoms with van der Waals surface area (Å²) in [6.07, 6.45) is 2.71. The number of carbonyl (C=O) groups is 1. The van der Waals surface area contributed by atoms with E-state index in [1.165, 1.54) is 11.3 Å². The number of thiazole rings is 1. The number of amides is 1. The predicted octanol–water partition coefficient (Wildman–Crippen LogP) is 0.248. The van der Waals surface area contributed by atoms with Crippen LogP contribution in [-0.4, -0.2) is 43.4 Å². The Hall–Kier alpha value is -0.990. The Morgan fingerprint density at radius 2 is 2.22 bits per heavy atom. The van der Waals surface area contributed by atoms with E-state index < -0.39 is 26.7 Å². The topological polar surface area (TPSA) is 88.2 Å². The van der Waals surface area contributed by atoms with Crippen molar-refractivity contribution in [2.75, 3.05) is 24.2 Å². The van der Waals surface area contributed by atoms with Crippen molar-refractivity contribution in [3.8, 4) is 0 Å². The molecule has 1 fully saturated rings. The Morgan fingerprint density at radius 3 is 2.83 bits per heavy atom. The Kier molecular flexibility index (Phi) is 4.31. The Labute approximate surface area is 110 Å². The molecule has 1 aromatic rings. The molecule has 100 valence electrons. The Morgan fingerprint density at radius 1 is 1.50 bits per heavy atom. The highest BCUT2D eigenvalue weighted by Crippen LogP contribution is 2.15. The van der Waals surface area contributed by atoms with Crippen LogP contribution in [0.25, 0.3) is 0 Å². The van der Waals surface area contributed by atoms with Crippen molar-refractivity contribution in [3.63, 3.8) is 0 Å². The van der Waals surface area contributed by atoms with Gasteiger partial charge in [0, 0.05) is 11.6 Å². The molecule has 0 radical (unpaired) electrons. The maximum Gasteiger partial charge on any atom is 0.241 e. The third-order valence-corrected chi connectivity index (χ3v) is 5.65. The highest BCUT2D eigenvalue weighted by molar-refractivity contribution is 7.92. The molecule has 0 spiro atoms. The summed E-state index contributed by atoms with van der Waals surface area (Å²) in [5.41, 5.74) is 0. The minimum atomic E-state index is -3.36. The summed E-state index contributed by atoms with van der Waals surface area (Å²) >= 11 is 1.26. The van der Waals surface area contributed by atoms with Gasteiger partial charge in [0.25, 0.3) is 0 Å². The molecule has 1 aromatic heterocycles. The summed E-state index contributed by atoms with van der Waals surface area (Å²) in [6, 6.07) is 0. The van der Waals surface area contributed by atoms with E-state index in [4.69, 9.17) is 0 Å². The molecule has 2 N–H and O–H groups in total. The molecule has 0 unspecified atom stereocenters. The van der Waals surface area contributed by atoms with Gasteiger partial charge in [-0.2, -0.15) is 0 Å². The molecule has 2 rings (SSSR count). The molecule has 0 bridgehead atoms. The van der Waals surface area contributed by atoms with Gasteiger partial charge in [0.05, 0.1) is 5.25 Å². The van der Waals surface area contributed by atoms with E-state index in [0.717, 1.165) is 0 Å². The number of hydrogen-bond donors (Lipinski definition) is 2. The van der Waals surface area contributed by atoms with Crippen LogP contribution < -0.4 is 10.6 Å². The van der Waals surface area contributed by atoms with Gasteiger partial charge in [-0.15, -0.1) is 11.3 Å². The summed E-state index contributed by atoms with van der Waals surface area (Å²) in [5.74, 6) is -0.972. The quantitative estimate of drug-likeness (QED) is 0.829. The smallest absolute Gasteiger partial charge is 0.241 e. The van der Waals surface area contributed by atoms with Gasteiger partial charge < -0.3 is 10.6 Å². The van der Waals surface area contributed by atoms with Crippen LogP contribution >= 0.6 is 11.3 Å². The maximum atomic E-state index is 12.0. The van der Waals surface area contributed by atoms with Gasteiger partial charge in [-0.1, -0.05) is 0 Å². The third kappa shape index (κ3) is 3.50. The normalized spacial score (nSPS) is 17.6. The lowest BCUT2D eigenvalue weighted by Gasteiger charge is -2.22. The summed E-state index contributed by atoms with van der Waals surface area (Å²) in [5, 5.41) is 7.34. The molecule has 0 atom stereocenters. The molecule has 0 saturated carbocycles. The molecular formula is C10H15N3O3S2. The van der Waals surface area contributed by atoms with Gasteiger partial charge in [0.15, 0.2) is 15.0 Å². The first-order valence-corrected chi connectivity index (χ1v) is 8.29. The Bertz CT molecular complexity index is 492. The van der Waals surface area contributed by atoms with E-state index in [2.05, 4.69) is 15.6 Å². The van der Waals surface area contributed by atoms with E-state index >= 15 is 0 Å². The molecule has 2 heterocycles. The number of hydrogen-bond acceptors (Lipinski definition) is 6. The molecule has 1 aliphatic rings. The second-order valence-electron chi connectivity index (χ2n) is 4.14. The number of aromatic nitrogens is 1. The van der Waals surface area contributed by atoms with Crippen molar-refractivity contribution < 1.29 is 13.2 Å². The van der Waals surface area contributed by atoms with E-state index in [9.17, 15) is 13.2 Å². The van der Waals surface area contributed by atoms with E-state index in [-0.39, 0.29) is 0 Å². The van der Waals surface area contributed by atoms with Crippen LogP contribution in [-0.2, 0) is 14.6 Å². The fourth-order valence-corrected chi connectivity index (χ4v) is 4.07. The van der Waals surface area contributed by atoms with Crippen molar-refractivity contribution in [3.05, 3.63) is 11.6 Å².